The second-order valence-corrected chi connectivity index (χ2v) is 10.1. The molecule has 1 fully saturated rings. The molecule has 0 spiro atoms. The maximum atomic E-state index is 12.8. The summed E-state index contributed by atoms with van der Waals surface area (Å²) in [6.45, 7) is 2.91. The number of carbonyl (C=O) groups excluding carboxylic acids is 1. The summed E-state index contributed by atoms with van der Waals surface area (Å²) in [5.41, 5.74) is 3.78. The van der Waals surface area contributed by atoms with E-state index in [0.717, 1.165) is 31.3 Å². The number of aromatic nitrogens is 3. The molecule has 0 bridgehead atoms. The number of hydrogen-bond donors (Lipinski definition) is 0. The summed E-state index contributed by atoms with van der Waals surface area (Å²) in [7, 11) is -3.49. The van der Waals surface area contributed by atoms with Crippen LogP contribution in [0.4, 0.5) is 0 Å². The molecular formula is C22H25N5O3S. The Hall–Kier alpha value is -2.78. The summed E-state index contributed by atoms with van der Waals surface area (Å²) in [5, 5.41) is 8.30. The quantitative estimate of drug-likeness (QED) is 0.608. The highest BCUT2D eigenvalue weighted by molar-refractivity contribution is 7.89. The second-order valence-electron chi connectivity index (χ2n) is 8.16. The molecule has 8 nitrogen and oxygen atoms in total. The molecule has 0 N–H and O–H groups in total. The summed E-state index contributed by atoms with van der Waals surface area (Å²) in [5.74, 6) is 0.0892. The summed E-state index contributed by atoms with van der Waals surface area (Å²) in [4.78, 5) is 14.9. The van der Waals surface area contributed by atoms with Gasteiger partial charge in [0.2, 0.25) is 15.9 Å². The molecule has 2 aliphatic rings. The molecule has 1 amide bonds. The first-order valence-corrected chi connectivity index (χ1v) is 12.1. The van der Waals surface area contributed by atoms with E-state index in [1.54, 1.807) is 22.9 Å². The molecule has 1 aromatic heterocycles. The van der Waals surface area contributed by atoms with Crippen LogP contribution in [0, 0.1) is 0 Å². The van der Waals surface area contributed by atoms with Crippen molar-refractivity contribution >= 4 is 27.0 Å². The summed E-state index contributed by atoms with van der Waals surface area (Å²) in [6, 6.07) is 13.2. The van der Waals surface area contributed by atoms with Gasteiger partial charge < -0.3 is 4.90 Å². The van der Waals surface area contributed by atoms with Crippen LogP contribution in [0.15, 0.2) is 47.4 Å². The van der Waals surface area contributed by atoms with E-state index in [1.807, 2.05) is 17.0 Å². The maximum absolute atomic E-state index is 12.8. The van der Waals surface area contributed by atoms with Crippen LogP contribution >= 0.6 is 0 Å². The summed E-state index contributed by atoms with van der Waals surface area (Å²) in [6.07, 6.45) is 3.00. The number of benzene rings is 2. The number of carbonyl (C=O) groups is 1. The van der Waals surface area contributed by atoms with Gasteiger partial charge in [0.05, 0.1) is 17.0 Å². The van der Waals surface area contributed by atoms with Crippen molar-refractivity contribution in [3.05, 3.63) is 53.6 Å². The van der Waals surface area contributed by atoms with E-state index in [-0.39, 0.29) is 10.8 Å². The van der Waals surface area contributed by atoms with E-state index < -0.39 is 10.0 Å². The molecule has 1 saturated heterocycles. The lowest BCUT2D eigenvalue weighted by Crippen LogP contribution is -2.36. The third kappa shape index (κ3) is 3.83. The Labute approximate surface area is 181 Å². The van der Waals surface area contributed by atoms with Crippen LogP contribution < -0.4 is 0 Å². The molecule has 2 aromatic carbocycles. The van der Waals surface area contributed by atoms with E-state index in [0.29, 0.717) is 38.1 Å². The molecule has 3 heterocycles. The van der Waals surface area contributed by atoms with Gasteiger partial charge in [-0.15, -0.1) is 5.10 Å². The number of rotatable bonds is 5. The van der Waals surface area contributed by atoms with Crippen molar-refractivity contribution in [2.24, 2.45) is 0 Å². The van der Waals surface area contributed by atoms with Crippen LogP contribution in [0.5, 0.6) is 0 Å². The Morgan fingerprint density at radius 2 is 1.77 bits per heavy atom. The predicted molar refractivity (Wildman–Crippen MR) is 116 cm³/mol. The zero-order chi connectivity index (χ0) is 21.4. The van der Waals surface area contributed by atoms with Gasteiger partial charge in [0.25, 0.3) is 0 Å². The first-order chi connectivity index (χ1) is 15.0. The van der Waals surface area contributed by atoms with E-state index in [1.165, 1.54) is 15.4 Å². The molecule has 5 rings (SSSR count). The minimum atomic E-state index is -3.49. The molecule has 0 unspecified atom stereocenters. The molecule has 0 atom stereocenters. The highest BCUT2D eigenvalue weighted by atomic mass is 32.2. The van der Waals surface area contributed by atoms with Crippen LogP contribution in [-0.4, -0.2) is 58.2 Å². The standard InChI is InChI=1S/C22H25N5O3S/c28-22(25-13-9-17-5-1-2-6-18(17)16-25)10-14-27-21-8-7-19(15-20(21)23-24-27)31(29,30)26-11-3-4-12-26/h1-2,5-8,15H,3-4,9-14,16H2. The molecule has 31 heavy (non-hydrogen) atoms. The van der Waals surface area contributed by atoms with Crippen LogP contribution in [0.3, 0.4) is 0 Å². The fourth-order valence-corrected chi connectivity index (χ4v) is 5.96. The number of aryl methyl sites for hydroxylation is 1. The first-order valence-electron chi connectivity index (χ1n) is 10.7. The number of amides is 1. The minimum absolute atomic E-state index is 0.0892. The molecule has 0 saturated carbocycles. The van der Waals surface area contributed by atoms with Gasteiger partial charge in [-0.3, -0.25) is 4.79 Å². The number of fused-ring (bicyclic) bond motifs is 2. The number of nitrogens with zero attached hydrogens (tertiary/aromatic N) is 5. The molecule has 9 heteroatoms. The van der Waals surface area contributed by atoms with Crippen molar-refractivity contribution in [1.29, 1.82) is 0 Å². The molecule has 2 aliphatic heterocycles. The lowest BCUT2D eigenvalue weighted by molar-refractivity contribution is -0.132. The molecule has 0 aliphatic carbocycles. The maximum Gasteiger partial charge on any atom is 0.243 e. The summed E-state index contributed by atoms with van der Waals surface area (Å²) < 4.78 is 28.8. The Morgan fingerprint density at radius 1 is 1.00 bits per heavy atom. The zero-order valence-electron chi connectivity index (χ0n) is 17.3. The Balaban J connectivity index is 1.28. The minimum Gasteiger partial charge on any atom is -0.338 e. The molecule has 162 valence electrons. The topological polar surface area (TPSA) is 88.4 Å². The van der Waals surface area contributed by atoms with Crippen LogP contribution in [0.25, 0.3) is 11.0 Å². The number of sulfonamides is 1. The van der Waals surface area contributed by atoms with Crippen molar-refractivity contribution in [3.63, 3.8) is 0 Å². The van der Waals surface area contributed by atoms with Crippen molar-refractivity contribution in [1.82, 2.24) is 24.2 Å². The van der Waals surface area contributed by atoms with Gasteiger partial charge in [0, 0.05) is 32.6 Å². The SMILES string of the molecule is O=C(CCn1nnc2cc(S(=O)(=O)N3CCCC3)ccc21)N1CCc2ccccc2C1. The number of hydrogen-bond acceptors (Lipinski definition) is 5. The smallest absolute Gasteiger partial charge is 0.243 e. The van der Waals surface area contributed by atoms with E-state index in [9.17, 15) is 13.2 Å². The monoisotopic (exact) mass is 439 g/mol. The zero-order valence-corrected chi connectivity index (χ0v) is 18.1. The normalized spacial score (nSPS) is 17.2. The fraction of sp³-hybridized carbons (Fsp3) is 0.409. The predicted octanol–water partition coefficient (Wildman–Crippen LogP) is 2.19. The molecule has 0 radical (unpaired) electrons. The Kier molecular flexibility index (Phi) is 5.23. The first kappa shape index (κ1) is 20.1. The van der Waals surface area contributed by atoms with Crippen LogP contribution in [0.1, 0.15) is 30.4 Å². The van der Waals surface area contributed by atoms with Crippen LogP contribution in [-0.2, 0) is 34.3 Å². The van der Waals surface area contributed by atoms with Gasteiger partial charge >= 0.3 is 0 Å². The second kappa shape index (κ2) is 8.05. The lowest BCUT2D eigenvalue weighted by Gasteiger charge is -2.29. The van der Waals surface area contributed by atoms with Crippen LogP contribution in [0.2, 0.25) is 0 Å². The third-order valence-corrected chi connectivity index (χ3v) is 8.10. The average molecular weight is 440 g/mol. The Bertz CT molecular complexity index is 1230. The van der Waals surface area contributed by atoms with E-state index in [2.05, 4.69) is 22.4 Å². The van der Waals surface area contributed by atoms with Crippen molar-refractivity contribution in [2.75, 3.05) is 19.6 Å². The van der Waals surface area contributed by atoms with Gasteiger partial charge in [0.1, 0.15) is 5.52 Å². The highest BCUT2D eigenvalue weighted by Gasteiger charge is 2.28. The average Bonchev–Trinajstić information content (AvgIpc) is 3.47. The Morgan fingerprint density at radius 3 is 2.58 bits per heavy atom. The van der Waals surface area contributed by atoms with Gasteiger partial charge in [-0.2, -0.15) is 4.31 Å². The van der Waals surface area contributed by atoms with Crippen molar-refractivity contribution in [2.45, 2.75) is 43.7 Å². The van der Waals surface area contributed by atoms with Gasteiger partial charge in [-0.1, -0.05) is 29.5 Å². The summed E-state index contributed by atoms with van der Waals surface area (Å²) >= 11 is 0. The van der Waals surface area contributed by atoms with Crippen molar-refractivity contribution in [3.8, 4) is 0 Å². The largest absolute Gasteiger partial charge is 0.338 e. The van der Waals surface area contributed by atoms with Gasteiger partial charge in [-0.05, 0) is 48.6 Å². The molecule has 3 aromatic rings. The van der Waals surface area contributed by atoms with Gasteiger partial charge in [0.15, 0.2) is 0 Å². The lowest BCUT2D eigenvalue weighted by atomic mass is 10.00. The molecular weight excluding hydrogens is 414 g/mol. The van der Waals surface area contributed by atoms with Crippen molar-refractivity contribution < 1.29 is 13.2 Å². The third-order valence-electron chi connectivity index (χ3n) is 6.21. The van der Waals surface area contributed by atoms with E-state index in [4.69, 9.17) is 0 Å². The fourth-order valence-electron chi connectivity index (χ4n) is 4.42. The highest BCUT2D eigenvalue weighted by Crippen LogP contribution is 2.24. The van der Waals surface area contributed by atoms with E-state index >= 15 is 0 Å². The van der Waals surface area contributed by atoms with Gasteiger partial charge in [-0.25, -0.2) is 13.1 Å².